The minimum Gasteiger partial charge on any atom is -0.411 e. The summed E-state index contributed by atoms with van der Waals surface area (Å²) in [6, 6.07) is 0. The first-order valence-corrected chi connectivity index (χ1v) is 17.7. The molecule has 1 unspecified atom stereocenters. The van der Waals surface area contributed by atoms with Crippen LogP contribution >= 0.6 is 0 Å². The molecule has 0 fully saturated rings. The van der Waals surface area contributed by atoms with Crippen molar-refractivity contribution in [2.45, 2.75) is 143 Å². The summed E-state index contributed by atoms with van der Waals surface area (Å²) >= 11 is 0. The van der Waals surface area contributed by atoms with Crippen LogP contribution in [-0.2, 0) is 18.0 Å². The molecular weight excluding hydrogens is 420 g/mol. The summed E-state index contributed by atoms with van der Waals surface area (Å²) in [5.41, 5.74) is -0.546. The molecule has 0 heterocycles. The Bertz CT molecular complexity index is 538. The highest BCUT2D eigenvalue weighted by Crippen LogP contribution is 2.58. The zero-order valence-electron chi connectivity index (χ0n) is 23.7. The lowest BCUT2D eigenvalue weighted by Gasteiger charge is -2.58. The Morgan fingerprint density at radius 3 is 1.52 bits per heavy atom. The smallest absolute Gasteiger partial charge is 0.345 e. The molecule has 0 aliphatic heterocycles. The predicted octanol–water partition coefficient (Wildman–Crippen LogP) is 8.27. The third-order valence-corrected chi connectivity index (χ3v) is 18.1. The largest absolute Gasteiger partial charge is 0.411 e. The molecule has 0 spiro atoms. The highest BCUT2D eigenvalue weighted by Gasteiger charge is 2.63. The molecule has 0 aliphatic carbocycles. The van der Waals surface area contributed by atoms with Crippen LogP contribution in [-0.4, -0.2) is 42.0 Å². The third-order valence-electron chi connectivity index (χ3n) is 9.25. The van der Waals surface area contributed by atoms with Crippen molar-refractivity contribution in [3.05, 3.63) is 0 Å². The zero-order chi connectivity index (χ0) is 24.9. The Labute approximate surface area is 197 Å². The molecule has 0 N–H and O–H groups in total. The SMILES string of the molecule is CCC(C)(CC)O[Si](C)(OCOC)C(C)(C)C(CC)(CC)O[Si](C)(C)C(C)(C)C(C)C. The molecule has 1 atom stereocenters. The second-order valence-electron chi connectivity index (χ2n) is 11.6. The van der Waals surface area contributed by atoms with Crippen molar-refractivity contribution in [3.63, 3.8) is 0 Å². The average Bonchev–Trinajstić information content (AvgIpc) is 2.69. The van der Waals surface area contributed by atoms with Gasteiger partial charge in [0.15, 0.2) is 8.32 Å². The summed E-state index contributed by atoms with van der Waals surface area (Å²) in [4.78, 5) is 0. The van der Waals surface area contributed by atoms with E-state index >= 15 is 0 Å². The van der Waals surface area contributed by atoms with E-state index in [0.717, 1.165) is 25.7 Å². The van der Waals surface area contributed by atoms with Crippen molar-refractivity contribution in [1.82, 2.24) is 0 Å². The van der Waals surface area contributed by atoms with E-state index in [2.05, 4.69) is 95.8 Å². The molecule has 6 heteroatoms. The van der Waals surface area contributed by atoms with Crippen molar-refractivity contribution < 1.29 is 18.0 Å². The Balaban J connectivity index is 6.58. The average molecular weight is 477 g/mol. The van der Waals surface area contributed by atoms with Gasteiger partial charge in [0.25, 0.3) is 0 Å². The minimum atomic E-state index is -2.77. The second-order valence-corrected chi connectivity index (χ2v) is 19.7. The lowest BCUT2D eigenvalue weighted by Crippen LogP contribution is -2.65. The van der Waals surface area contributed by atoms with E-state index in [-0.39, 0.29) is 28.1 Å². The Morgan fingerprint density at radius 1 is 0.742 bits per heavy atom. The van der Waals surface area contributed by atoms with Crippen molar-refractivity contribution in [2.75, 3.05) is 13.9 Å². The molecule has 0 saturated heterocycles. The van der Waals surface area contributed by atoms with E-state index in [1.807, 2.05) is 0 Å². The first-order valence-electron chi connectivity index (χ1n) is 12.4. The Kier molecular flexibility index (Phi) is 11.2. The molecule has 0 saturated carbocycles. The van der Waals surface area contributed by atoms with Crippen molar-refractivity contribution in [3.8, 4) is 0 Å². The van der Waals surface area contributed by atoms with Crippen molar-refractivity contribution in [2.24, 2.45) is 5.92 Å². The predicted molar refractivity (Wildman–Crippen MR) is 139 cm³/mol. The fourth-order valence-corrected chi connectivity index (χ4v) is 11.3. The molecule has 0 radical (unpaired) electrons. The lowest BCUT2D eigenvalue weighted by molar-refractivity contribution is -0.0629. The summed E-state index contributed by atoms with van der Waals surface area (Å²) in [5.74, 6) is 0.553. The Hall–Kier alpha value is 0.274. The fourth-order valence-electron chi connectivity index (χ4n) is 4.51. The molecule has 0 rings (SSSR count). The first-order chi connectivity index (χ1) is 13.9. The van der Waals surface area contributed by atoms with Crippen molar-refractivity contribution >= 4 is 16.9 Å². The molecule has 0 aliphatic rings. The van der Waals surface area contributed by atoms with Crippen LogP contribution in [0, 0.1) is 5.92 Å². The van der Waals surface area contributed by atoms with Gasteiger partial charge in [-0.2, -0.15) is 0 Å². The number of ether oxygens (including phenoxy) is 1. The third kappa shape index (κ3) is 6.24. The molecule has 0 bridgehead atoms. The van der Waals surface area contributed by atoms with Gasteiger partial charge in [-0.1, -0.05) is 69.2 Å². The maximum atomic E-state index is 7.40. The van der Waals surface area contributed by atoms with Gasteiger partial charge in [-0.3, -0.25) is 0 Å². The lowest BCUT2D eigenvalue weighted by atomic mass is 9.84. The first kappa shape index (κ1) is 31.3. The molecule has 188 valence electrons. The van der Waals surface area contributed by atoms with Crippen LogP contribution < -0.4 is 0 Å². The summed E-state index contributed by atoms with van der Waals surface area (Å²) < 4.78 is 26.3. The van der Waals surface area contributed by atoms with Gasteiger partial charge in [0.05, 0.1) is 11.2 Å². The quantitative estimate of drug-likeness (QED) is 0.176. The number of rotatable bonds is 15. The van der Waals surface area contributed by atoms with Gasteiger partial charge < -0.3 is 18.0 Å². The van der Waals surface area contributed by atoms with Gasteiger partial charge in [-0.25, -0.2) is 0 Å². The van der Waals surface area contributed by atoms with Crippen LogP contribution in [0.25, 0.3) is 0 Å². The summed E-state index contributed by atoms with van der Waals surface area (Å²) in [6.45, 7) is 32.4. The summed E-state index contributed by atoms with van der Waals surface area (Å²) in [6.07, 6.45) is 3.76. The van der Waals surface area contributed by atoms with Crippen LogP contribution in [0.15, 0.2) is 0 Å². The van der Waals surface area contributed by atoms with Gasteiger partial charge in [0, 0.05) is 12.1 Å². The monoisotopic (exact) mass is 476 g/mol. The highest BCUT2D eigenvalue weighted by atomic mass is 28.4. The van der Waals surface area contributed by atoms with Crippen molar-refractivity contribution in [1.29, 1.82) is 0 Å². The zero-order valence-corrected chi connectivity index (χ0v) is 25.7. The van der Waals surface area contributed by atoms with Gasteiger partial charge in [0.1, 0.15) is 6.79 Å². The van der Waals surface area contributed by atoms with Gasteiger partial charge in [-0.05, 0) is 63.2 Å². The van der Waals surface area contributed by atoms with Crippen LogP contribution in [0.2, 0.25) is 29.7 Å². The molecule has 31 heavy (non-hydrogen) atoms. The topological polar surface area (TPSA) is 36.9 Å². The van der Waals surface area contributed by atoms with Crippen LogP contribution in [0.5, 0.6) is 0 Å². The van der Waals surface area contributed by atoms with E-state index in [1.165, 1.54) is 0 Å². The molecular formula is C25H56O4Si2. The minimum absolute atomic E-state index is 0.145. The van der Waals surface area contributed by atoms with E-state index in [9.17, 15) is 0 Å². The van der Waals surface area contributed by atoms with Gasteiger partial charge in [0.2, 0.25) is 0 Å². The number of hydrogen-bond donors (Lipinski definition) is 0. The summed E-state index contributed by atoms with van der Waals surface area (Å²) in [5, 5.41) is -0.142. The van der Waals surface area contributed by atoms with E-state index in [0.29, 0.717) is 5.92 Å². The molecule has 0 amide bonds. The van der Waals surface area contributed by atoms with E-state index in [4.69, 9.17) is 18.0 Å². The van der Waals surface area contributed by atoms with Crippen LogP contribution in [0.4, 0.5) is 0 Å². The fraction of sp³-hybridized carbons (Fsp3) is 1.00. The number of hydrogen-bond acceptors (Lipinski definition) is 4. The van der Waals surface area contributed by atoms with Crippen LogP contribution in [0.1, 0.15) is 102 Å². The maximum Gasteiger partial charge on any atom is 0.345 e. The van der Waals surface area contributed by atoms with E-state index in [1.54, 1.807) is 7.11 Å². The van der Waals surface area contributed by atoms with E-state index < -0.39 is 16.9 Å². The number of methoxy groups -OCH3 is 1. The Morgan fingerprint density at radius 2 is 1.19 bits per heavy atom. The molecule has 0 aromatic carbocycles. The maximum absolute atomic E-state index is 7.40. The molecule has 4 nitrogen and oxygen atoms in total. The van der Waals surface area contributed by atoms with Crippen LogP contribution in [0.3, 0.4) is 0 Å². The molecule has 0 aromatic heterocycles. The molecule has 0 aromatic rings. The summed E-state index contributed by atoms with van der Waals surface area (Å²) in [7, 11) is -3.17. The highest BCUT2D eigenvalue weighted by molar-refractivity contribution is 6.75. The van der Waals surface area contributed by atoms with Gasteiger partial charge >= 0.3 is 8.56 Å². The van der Waals surface area contributed by atoms with Gasteiger partial charge in [-0.15, -0.1) is 0 Å². The normalized spacial score (nSPS) is 16.6. The second kappa shape index (κ2) is 11.1. The standard InChI is InChI=1S/C25H56O4Si2/c1-16-24(11,17-2)28-31(15,27-20-26-12)23(9,10)25(18-3,19-4)29-30(13,14)22(7,8)21(5)6/h21H,16-20H2,1-15H3.